The molecule has 0 heterocycles. The van der Waals surface area contributed by atoms with Gasteiger partial charge in [0.1, 0.15) is 0 Å². The van der Waals surface area contributed by atoms with Crippen molar-refractivity contribution in [3.8, 4) is 0 Å². The van der Waals surface area contributed by atoms with Gasteiger partial charge in [0.25, 0.3) is 0 Å². The van der Waals surface area contributed by atoms with Crippen LogP contribution in [-0.4, -0.2) is 17.3 Å². The van der Waals surface area contributed by atoms with Gasteiger partial charge in [0, 0.05) is 5.02 Å². The molecule has 1 aromatic rings. The Balaban J connectivity index is 2.10. The fraction of sp³-hybridized carbons (Fsp3) is 0.500. The molecule has 4 heteroatoms. The number of halogens is 2. The van der Waals surface area contributed by atoms with Crippen LogP contribution in [0.4, 0.5) is 5.69 Å². The molecule has 0 saturated heterocycles. The van der Waals surface area contributed by atoms with Crippen LogP contribution in [0.2, 0.25) is 10.0 Å². The van der Waals surface area contributed by atoms with Gasteiger partial charge in [0.2, 0.25) is 0 Å². The van der Waals surface area contributed by atoms with E-state index in [1.165, 1.54) is 0 Å². The van der Waals surface area contributed by atoms with Crippen molar-refractivity contribution in [2.24, 2.45) is 0 Å². The molecule has 2 atom stereocenters. The third-order valence-electron chi connectivity index (χ3n) is 3.00. The Morgan fingerprint density at radius 2 is 1.94 bits per heavy atom. The average molecular weight is 260 g/mol. The zero-order valence-corrected chi connectivity index (χ0v) is 10.4. The van der Waals surface area contributed by atoms with E-state index >= 15 is 0 Å². The van der Waals surface area contributed by atoms with Crippen LogP contribution in [0.25, 0.3) is 0 Å². The third kappa shape index (κ3) is 2.82. The van der Waals surface area contributed by atoms with Gasteiger partial charge in [-0.25, -0.2) is 0 Å². The van der Waals surface area contributed by atoms with Gasteiger partial charge in [-0.2, -0.15) is 0 Å². The van der Waals surface area contributed by atoms with Crippen molar-refractivity contribution >= 4 is 28.9 Å². The summed E-state index contributed by atoms with van der Waals surface area (Å²) in [7, 11) is 0. The van der Waals surface area contributed by atoms with Gasteiger partial charge < -0.3 is 10.4 Å². The van der Waals surface area contributed by atoms with Gasteiger partial charge in [-0.3, -0.25) is 0 Å². The summed E-state index contributed by atoms with van der Waals surface area (Å²) in [5.74, 6) is 0. The second kappa shape index (κ2) is 5.26. The quantitative estimate of drug-likeness (QED) is 0.849. The summed E-state index contributed by atoms with van der Waals surface area (Å²) in [6, 6.07) is 5.41. The Morgan fingerprint density at radius 3 is 2.69 bits per heavy atom. The van der Waals surface area contributed by atoms with E-state index < -0.39 is 0 Å². The molecule has 2 nitrogen and oxygen atoms in total. The van der Waals surface area contributed by atoms with E-state index in [1.54, 1.807) is 18.2 Å². The van der Waals surface area contributed by atoms with Crippen LogP contribution in [-0.2, 0) is 0 Å². The number of hydrogen-bond acceptors (Lipinski definition) is 2. The Labute approximate surface area is 106 Å². The topological polar surface area (TPSA) is 32.3 Å². The molecule has 1 fully saturated rings. The van der Waals surface area contributed by atoms with Crippen molar-refractivity contribution in [1.29, 1.82) is 0 Å². The lowest BCUT2D eigenvalue weighted by molar-refractivity contribution is 0.116. The zero-order chi connectivity index (χ0) is 11.5. The molecule has 0 aliphatic heterocycles. The fourth-order valence-corrected chi connectivity index (χ4v) is 2.43. The molecule has 0 aromatic heterocycles. The van der Waals surface area contributed by atoms with Crippen LogP contribution in [0.1, 0.15) is 25.7 Å². The molecule has 0 unspecified atom stereocenters. The molecule has 0 amide bonds. The van der Waals surface area contributed by atoms with Crippen LogP contribution in [0.3, 0.4) is 0 Å². The first-order chi connectivity index (χ1) is 7.66. The first kappa shape index (κ1) is 12.0. The molecular weight excluding hydrogens is 245 g/mol. The summed E-state index contributed by atoms with van der Waals surface area (Å²) in [5.41, 5.74) is 0.806. The van der Waals surface area contributed by atoms with Gasteiger partial charge in [-0.15, -0.1) is 0 Å². The molecular formula is C12H15Cl2NO. The van der Waals surface area contributed by atoms with Crippen molar-refractivity contribution in [1.82, 2.24) is 0 Å². The van der Waals surface area contributed by atoms with Gasteiger partial charge in [-0.1, -0.05) is 36.0 Å². The van der Waals surface area contributed by atoms with Gasteiger partial charge in [0.15, 0.2) is 0 Å². The summed E-state index contributed by atoms with van der Waals surface area (Å²) >= 11 is 12.0. The number of benzene rings is 1. The molecule has 88 valence electrons. The Bertz CT molecular complexity index is 370. The average Bonchev–Trinajstić information content (AvgIpc) is 2.27. The van der Waals surface area contributed by atoms with Crippen LogP contribution in [0, 0.1) is 0 Å². The Kier molecular flexibility index (Phi) is 3.95. The molecule has 0 bridgehead atoms. The number of aliphatic hydroxyl groups is 1. The first-order valence-corrected chi connectivity index (χ1v) is 6.32. The SMILES string of the molecule is O[C@H]1CCCC[C@@H]1Nc1cc(Cl)ccc1Cl. The zero-order valence-electron chi connectivity index (χ0n) is 8.92. The van der Waals surface area contributed by atoms with Gasteiger partial charge in [0.05, 0.1) is 22.9 Å². The van der Waals surface area contributed by atoms with E-state index in [9.17, 15) is 5.11 Å². The maximum absolute atomic E-state index is 9.85. The fourth-order valence-electron chi connectivity index (χ4n) is 2.09. The number of nitrogens with one attached hydrogen (secondary N) is 1. The van der Waals surface area contributed by atoms with E-state index in [-0.39, 0.29) is 12.1 Å². The van der Waals surface area contributed by atoms with Crippen molar-refractivity contribution in [2.75, 3.05) is 5.32 Å². The lowest BCUT2D eigenvalue weighted by atomic mass is 9.92. The van der Waals surface area contributed by atoms with E-state index in [0.29, 0.717) is 10.0 Å². The van der Waals surface area contributed by atoms with Gasteiger partial charge >= 0.3 is 0 Å². The molecule has 2 rings (SSSR count). The van der Waals surface area contributed by atoms with Crippen LogP contribution >= 0.6 is 23.2 Å². The van der Waals surface area contributed by atoms with E-state index in [4.69, 9.17) is 23.2 Å². The summed E-state index contributed by atoms with van der Waals surface area (Å²) in [6.45, 7) is 0. The molecule has 1 aromatic carbocycles. The first-order valence-electron chi connectivity index (χ1n) is 5.56. The molecule has 2 N–H and O–H groups in total. The normalized spacial score (nSPS) is 25.4. The lowest BCUT2D eigenvalue weighted by Gasteiger charge is -2.29. The van der Waals surface area contributed by atoms with Crippen molar-refractivity contribution in [3.63, 3.8) is 0 Å². The minimum absolute atomic E-state index is 0.0877. The molecule has 0 spiro atoms. The summed E-state index contributed by atoms with van der Waals surface area (Å²) in [5, 5.41) is 14.4. The largest absolute Gasteiger partial charge is 0.391 e. The second-order valence-electron chi connectivity index (χ2n) is 4.23. The highest BCUT2D eigenvalue weighted by Gasteiger charge is 2.23. The molecule has 16 heavy (non-hydrogen) atoms. The van der Waals surface area contributed by atoms with E-state index in [2.05, 4.69) is 5.32 Å². The lowest BCUT2D eigenvalue weighted by Crippen LogP contribution is -2.36. The number of aliphatic hydroxyl groups excluding tert-OH is 1. The van der Waals surface area contributed by atoms with Crippen LogP contribution in [0.5, 0.6) is 0 Å². The maximum atomic E-state index is 9.85. The molecule has 1 aliphatic carbocycles. The van der Waals surface area contributed by atoms with Gasteiger partial charge in [-0.05, 0) is 31.0 Å². The van der Waals surface area contributed by atoms with E-state index in [0.717, 1.165) is 31.4 Å². The minimum Gasteiger partial charge on any atom is -0.391 e. The second-order valence-corrected chi connectivity index (χ2v) is 5.07. The smallest absolute Gasteiger partial charge is 0.0741 e. The highest BCUT2D eigenvalue weighted by molar-refractivity contribution is 6.35. The number of hydrogen-bond donors (Lipinski definition) is 2. The number of rotatable bonds is 2. The Morgan fingerprint density at radius 1 is 1.19 bits per heavy atom. The number of anilines is 1. The summed E-state index contributed by atoms with van der Waals surface area (Å²) in [6.07, 6.45) is 3.79. The standard InChI is InChI=1S/C12H15Cl2NO/c13-8-5-6-9(14)11(7-8)15-10-3-1-2-4-12(10)16/h5-7,10,12,15-16H,1-4H2/t10-,12-/m0/s1. The minimum atomic E-state index is -0.288. The maximum Gasteiger partial charge on any atom is 0.0741 e. The monoisotopic (exact) mass is 259 g/mol. The van der Waals surface area contributed by atoms with Crippen LogP contribution in [0.15, 0.2) is 18.2 Å². The van der Waals surface area contributed by atoms with Crippen molar-refractivity contribution in [3.05, 3.63) is 28.2 Å². The van der Waals surface area contributed by atoms with Crippen LogP contribution < -0.4 is 5.32 Å². The third-order valence-corrected chi connectivity index (χ3v) is 3.56. The predicted octanol–water partition coefficient (Wildman–Crippen LogP) is 3.71. The van der Waals surface area contributed by atoms with E-state index in [1.807, 2.05) is 0 Å². The van der Waals surface area contributed by atoms with Crippen molar-refractivity contribution in [2.45, 2.75) is 37.8 Å². The summed E-state index contributed by atoms with van der Waals surface area (Å²) < 4.78 is 0. The molecule has 1 aliphatic rings. The summed E-state index contributed by atoms with van der Waals surface area (Å²) in [4.78, 5) is 0. The van der Waals surface area contributed by atoms with Crippen molar-refractivity contribution < 1.29 is 5.11 Å². The highest BCUT2D eigenvalue weighted by Crippen LogP contribution is 2.29. The highest BCUT2D eigenvalue weighted by atomic mass is 35.5. The molecule has 0 radical (unpaired) electrons. The Hall–Kier alpha value is -0.440. The molecule has 1 saturated carbocycles. The predicted molar refractivity (Wildman–Crippen MR) is 68.3 cm³/mol.